The molecule has 100 valence electrons. The van der Waals surface area contributed by atoms with Gasteiger partial charge in [-0.25, -0.2) is 5.06 Å². The van der Waals surface area contributed by atoms with E-state index in [4.69, 9.17) is 9.57 Å². The van der Waals surface area contributed by atoms with Gasteiger partial charge in [0.2, 0.25) is 6.41 Å². The van der Waals surface area contributed by atoms with Crippen LogP contribution in [0.2, 0.25) is 0 Å². The molecule has 0 aromatic heterocycles. The third-order valence-corrected chi connectivity index (χ3v) is 3.06. The molecule has 4 heteroatoms. The maximum atomic E-state index is 11.1. The Morgan fingerprint density at radius 1 is 1.24 bits per heavy atom. The molecule has 1 aliphatic carbocycles. The molecule has 0 aliphatic heterocycles. The van der Waals surface area contributed by atoms with Crippen molar-refractivity contribution in [2.24, 2.45) is 5.92 Å². The Hall–Kier alpha value is -0.610. The first-order chi connectivity index (χ1) is 7.96. The average Bonchev–Trinajstić information content (AvgIpc) is 2.26. The Morgan fingerprint density at radius 2 is 1.82 bits per heavy atom. The van der Waals surface area contributed by atoms with Gasteiger partial charge >= 0.3 is 0 Å². The van der Waals surface area contributed by atoms with Crippen molar-refractivity contribution < 1.29 is 14.4 Å². The Morgan fingerprint density at radius 3 is 2.24 bits per heavy atom. The van der Waals surface area contributed by atoms with Crippen molar-refractivity contribution in [1.82, 2.24) is 5.06 Å². The number of hydrogen-bond donors (Lipinski definition) is 0. The summed E-state index contributed by atoms with van der Waals surface area (Å²) in [5.74, 6) is 0.638. The average molecular weight is 243 g/mol. The minimum atomic E-state index is -0.315. The van der Waals surface area contributed by atoms with Crippen LogP contribution >= 0.6 is 0 Å². The lowest BCUT2D eigenvalue weighted by Gasteiger charge is -2.36. The number of methoxy groups -OCH3 is 1. The second-order valence-corrected chi connectivity index (χ2v) is 5.80. The summed E-state index contributed by atoms with van der Waals surface area (Å²) >= 11 is 0. The highest BCUT2D eigenvalue weighted by molar-refractivity contribution is 5.45. The van der Waals surface area contributed by atoms with Crippen molar-refractivity contribution in [2.75, 3.05) is 13.7 Å². The molecule has 0 saturated heterocycles. The van der Waals surface area contributed by atoms with Gasteiger partial charge in [-0.05, 0) is 52.4 Å². The first-order valence-corrected chi connectivity index (χ1v) is 6.38. The maximum absolute atomic E-state index is 11.1. The molecule has 0 heterocycles. The quantitative estimate of drug-likeness (QED) is 0.549. The molecule has 4 nitrogen and oxygen atoms in total. The van der Waals surface area contributed by atoms with Gasteiger partial charge in [0, 0.05) is 13.7 Å². The summed E-state index contributed by atoms with van der Waals surface area (Å²) < 4.78 is 5.17. The van der Waals surface area contributed by atoms with Crippen molar-refractivity contribution in [3.63, 3.8) is 0 Å². The molecule has 17 heavy (non-hydrogen) atoms. The molecule has 1 aliphatic rings. The van der Waals surface area contributed by atoms with E-state index in [0.717, 1.165) is 38.7 Å². The maximum Gasteiger partial charge on any atom is 0.233 e. The summed E-state index contributed by atoms with van der Waals surface area (Å²) in [6, 6.07) is 0.222. The second-order valence-electron chi connectivity index (χ2n) is 5.80. The van der Waals surface area contributed by atoms with Gasteiger partial charge in [0.25, 0.3) is 0 Å². The van der Waals surface area contributed by atoms with Crippen LogP contribution < -0.4 is 0 Å². The number of rotatable bonds is 5. The zero-order valence-electron chi connectivity index (χ0n) is 11.4. The number of amides is 1. The number of hydrogen-bond acceptors (Lipinski definition) is 3. The third-order valence-electron chi connectivity index (χ3n) is 3.06. The first kappa shape index (κ1) is 14.5. The number of carbonyl (C=O) groups is 1. The van der Waals surface area contributed by atoms with Gasteiger partial charge in [-0.2, -0.15) is 0 Å². The smallest absolute Gasteiger partial charge is 0.233 e. The zero-order valence-corrected chi connectivity index (χ0v) is 11.4. The van der Waals surface area contributed by atoms with E-state index in [2.05, 4.69) is 0 Å². The fourth-order valence-electron chi connectivity index (χ4n) is 2.30. The topological polar surface area (TPSA) is 38.8 Å². The minimum Gasteiger partial charge on any atom is -0.384 e. The minimum absolute atomic E-state index is 0.222. The fourth-order valence-corrected chi connectivity index (χ4v) is 2.30. The van der Waals surface area contributed by atoms with Crippen molar-refractivity contribution in [3.05, 3.63) is 0 Å². The molecule has 0 aromatic carbocycles. The van der Waals surface area contributed by atoms with E-state index in [0.29, 0.717) is 5.92 Å². The van der Waals surface area contributed by atoms with Crippen LogP contribution in [0, 0.1) is 5.92 Å². The van der Waals surface area contributed by atoms with E-state index in [-0.39, 0.29) is 11.6 Å². The summed E-state index contributed by atoms with van der Waals surface area (Å²) in [6.45, 7) is 6.70. The molecule has 0 radical (unpaired) electrons. The highest BCUT2D eigenvalue weighted by Gasteiger charge is 2.28. The predicted molar refractivity (Wildman–Crippen MR) is 66.4 cm³/mol. The van der Waals surface area contributed by atoms with Gasteiger partial charge in [-0.15, -0.1) is 0 Å². The fraction of sp³-hybridized carbons (Fsp3) is 0.923. The van der Waals surface area contributed by atoms with Gasteiger partial charge in [-0.3, -0.25) is 9.63 Å². The second kappa shape index (κ2) is 6.36. The molecular formula is C13H25NO3. The molecule has 1 fully saturated rings. The van der Waals surface area contributed by atoms with Crippen LogP contribution in [-0.2, 0) is 14.4 Å². The zero-order chi connectivity index (χ0) is 12.9. The standard InChI is InChI=1S/C13H25NO3/c1-13(2,3)17-14(10-15)12-7-5-11(6-8-12)9-16-4/h10-12H,5-9H2,1-4H3. The summed E-state index contributed by atoms with van der Waals surface area (Å²) in [5.41, 5.74) is -0.315. The number of carbonyl (C=O) groups excluding carboxylic acids is 1. The van der Waals surface area contributed by atoms with Gasteiger partial charge < -0.3 is 4.74 Å². The Balaban J connectivity index is 2.42. The van der Waals surface area contributed by atoms with Crippen LogP contribution in [0.3, 0.4) is 0 Å². The van der Waals surface area contributed by atoms with E-state index in [1.54, 1.807) is 7.11 Å². The van der Waals surface area contributed by atoms with Crippen LogP contribution in [-0.4, -0.2) is 36.8 Å². The number of hydroxylamine groups is 2. The van der Waals surface area contributed by atoms with Crippen LogP contribution in [0.15, 0.2) is 0 Å². The molecule has 0 unspecified atom stereocenters. The van der Waals surface area contributed by atoms with Crippen LogP contribution in [0.1, 0.15) is 46.5 Å². The molecule has 1 rings (SSSR count). The summed E-state index contributed by atoms with van der Waals surface area (Å²) in [7, 11) is 1.74. The lowest BCUT2D eigenvalue weighted by atomic mass is 9.86. The molecular weight excluding hydrogens is 218 g/mol. The Kier molecular flexibility index (Phi) is 5.40. The normalized spacial score (nSPS) is 25.6. The lowest BCUT2D eigenvalue weighted by molar-refractivity contribution is -0.236. The van der Waals surface area contributed by atoms with Gasteiger partial charge in [-0.1, -0.05) is 0 Å². The van der Waals surface area contributed by atoms with E-state index >= 15 is 0 Å². The van der Waals surface area contributed by atoms with E-state index in [1.807, 2.05) is 20.8 Å². The largest absolute Gasteiger partial charge is 0.384 e. The highest BCUT2D eigenvalue weighted by atomic mass is 16.7. The van der Waals surface area contributed by atoms with E-state index in [1.165, 1.54) is 5.06 Å². The molecule has 0 N–H and O–H groups in total. The molecule has 1 saturated carbocycles. The van der Waals surface area contributed by atoms with E-state index in [9.17, 15) is 4.79 Å². The molecule has 0 aromatic rings. The third kappa shape index (κ3) is 5.04. The van der Waals surface area contributed by atoms with Crippen molar-refractivity contribution in [2.45, 2.75) is 58.1 Å². The van der Waals surface area contributed by atoms with Crippen LogP contribution in [0.5, 0.6) is 0 Å². The highest BCUT2D eigenvalue weighted by Crippen LogP contribution is 2.28. The summed E-state index contributed by atoms with van der Waals surface area (Å²) in [6.07, 6.45) is 5.03. The van der Waals surface area contributed by atoms with Crippen LogP contribution in [0.25, 0.3) is 0 Å². The lowest BCUT2D eigenvalue weighted by Crippen LogP contribution is -2.42. The van der Waals surface area contributed by atoms with Crippen molar-refractivity contribution in [3.8, 4) is 0 Å². The number of ether oxygens (including phenoxy) is 1. The molecule has 1 amide bonds. The summed E-state index contributed by atoms with van der Waals surface area (Å²) in [4.78, 5) is 16.7. The Bertz CT molecular complexity index is 229. The van der Waals surface area contributed by atoms with Gasteiger partial charge in [0.1, 0.15) is 0 Å². The summed E-state index contributed by atoms with van der Waals surface area (Å²) in [5, 5.41) is 1.50. The van der Waals surface area contributed by atoms with Gasteiger partial charge in [0.05, 0.1) is 11.6 Å². The van der Waals surface area contributed by atoms with Crippen molar-refractivity contribution >= 4 is 6.41 Å². The van der Waals surface area contributed by atoms with E-state index < -0.39 is 0 Å². The Labute approximate surface area is 104 Å². The van der Waals surface area contributed by atoms with Gasteiger partial charge in [0.15, 0.2) is 0 Å². The molecule has 0 atom stereocenters. The predicted octanol–water partition coefficient (Wildman–Crippen LogP) is 2.38. The first-order valence-electron chi connectivity index (χ1n) is 6.38. The molecule has 0 spiro atoms. The van der Waals surface area contributed by atoms with Crippen molar-refractivity contribution in [1.29, 1.82) is 0 Å². The van der Waals surface area contributed by atoms with Crippen LogP contribution in [0.4, 0.5) is 0 Å². The number of nitrogens with zero attached hydrogens (tertiary/aromatic N) is 1. The monoisotopic (exact) mass is 243 g/mol. The SMILES string of the molecule is COCC1CCC(N(C=O)OC(C)(C)C)CC1. The molecule has 0 bridgehead atoms.